The first-order chi connectivity index (χ1) is 14.9. The zero-order valence-corrected chi connectivity index (χ0v) is 18.3. The average molecular weight is 446 g/mol. The van der Waals surface area contributed by atoms with Crippen LogP contribution >= 0.6 is 0 Å². The lowest BCUT2D eigenvalue weighted by molar-refractivity contribution is -0.143. The Balaban J connectivity index is 1.66. The Kier molecular flexibility index (Phi) is 7.75. The fourth-order valence-corrected chi connectivity index (χ4v) is 5.08. The molecule has 8 nitrogen and oxygen atoms in total. The molecule has 0 radical (unpaired) electrons. The molecule has 2 heterocycles. The SMILES string of the molecule is COC(=O)CCN(Cc1ccccc1)C(=O)C1CCN(S(=O)(=O)c2cccnc2)CC1. The van der Waals surface area contributed by atoms with Gasteiger partial charge < -0.3 is 9.64 Å². The molecule has 0 N–H and O–H groups in total. The predicted molar refractivity (Wildman–Crippen MR) is 114 cm³/mol. The van der Waals surface area contributed by atoms with Crippen LogP contribution in [0.3, 0.4) is 0 Å². The molecular formula is C22H27N3O5S. The Bertz CT molecular complexity index is 975. The number of aromatic nitrogens is 1. The summed E-state index contributed by atoms with van der Waals surface area (Å²) in [7, 11) is -2.30. The number of benzene rings is 1. The van der Waals surface area contributed by atoms with Crippen molar-refractivity contribution in [2.24, 2.45) is 5.92 Å². The van der Waals surface area contributed by atoms with Crippen molar-refractivity contribution in [2.75, 3.05) is 26.7 Å². The molecule has 31 heavy (non-hydrogen) atoms. The van der Waals surface area contributed by atoms with Crippen LogP contribution in [0.1, 0.15) is 24.8 Å². The zero-order chi connectivity index (χ0) is 22.3. The minimum Gasteiger partial charge on any atom is -0.469 e. The number of carbonyl (C=O) groups excluding carboxylic acids is 2. The van der Waals surface area contributed by atoms with Crippen molar-refractivity contribution in [1.82, 2.24) is 14.2 Å². The summed E-state index contributed by atoms with van der Waals surface area (Å²) >= 11 is 0. The maximum Gasteiger partial charge on any atom is 0.307 e. The van der Waals surface area contributed by atoms with Crippen molar-refractivity contribution in [1.29, 1.82) is 0 Å². The standard InChI is InChI=1S/C22H27N3O5S/c1-30-21(26)11-13-24(17-18-6-3-2-4-7-18)22(27)19-9-14-25(15-10-19)31(28,29)20-8-5-12-23-16-20/h2-8,12,16,19H,9-11,13-15,17H2,1H3. The first-order valence-electron chi connectivity index (χ1n) is 10.2. The lowest BCUT2D eigenvalue weighted by Crippen LogP contribution is -2.44. The third kappa shape index (κ3) is 5.89. The number of methoxy groups -OCH3 is 1. The molecule has 0 atom stereocenters. The van der Waals surface area contributed by atoms with E-state index in [1.54, 1.807) is 11.0 Å². The van der Waals surface area contributed by atoms with E-state index in [1.807, 2.05) is 30.3 Å². The van der Waals surface area contributed by atoms with Gasteiger partial charge in [-0.05, 0) is 30.5 Å². The minimum absolute atomic E-state index is 0.0637. The highest BCUT2D eigenvalue weighted by molar-refractivity contribution is 7.89. The van der Waals surface area contributed by atoms with Crippen molar-refractivity contribution in [3.63, 3.8) is 0 Å². The first-order valence-corrected chi connectivity index (χ1v) is 11.7. The predicted octanol–water partition coefficient (Wildman–Crippen LogP) is 2.07. The van der Waals surface area contributed by atoms with Gasteiger partial charge in [0, 0.05) is 44.5 Å². The summed E-state index contributed by atoms with van der Waals surface area (Å²) < 4.78 is 31.7. The molecule has 1 aliphatic heterocycles. The second-order valence-corrected chi connectivity index (χ2v) is 9.38. The van der Waals surface area contributed by atoms with Gasteiger partial charge in [-0.1, -0.05) is 30.3 Å². The van der Waals surface area contributed by atoms with Crippen molar-refractivity contribution < 1.29 is 22.7 Å². The van der Waals surface area contributed by atoms with E-state index in [-0.39, 0.29) is 48.7 Å². The highest BCUT2D eigenvalue weighted by Crippen LogP contribution is 2.25. The van der Waals surface area contributed by atoms with Crippen LogP contribution in [0.2, 0.25) is 0 Å². The van der Waals surface area contributed by atoms with Gasteiger partial charge in [0.1, 0.15) is 4.90 Å². The van der Waals surface area contributed by atoms with Gasteiger partial charge in [0.25, 0.3) is 0 Å². The molecule has 3 rings (SSSR count). The number of sulfonamides is 1. The van der Waals surface area contributed by atoms with E-state index in [0.717, 1.165) is 5.56 Å². The number of carbonyl (C=O) groups is 2. The van der Waals surface area contributed by atoms with Gasteiger partial charge in [0.2, 0.25) is 15.9 Å². The van der Waals surface area contributed by atoms with Crippen molar-refractivity contribution in [2.45, 2.75) is 30.7 Å². The normalized spacial score (nSPS) is 15.4. The van der Waals surface area contributed by atoms with Gasteiger partial charge >= 0.3 is 5.97 Å². The Morgan fingerprint density at radius 2 is 1.84 bits per heavy atom. The van der Waals surface area contributed by atoms with Crippen LogP contribution in [-0.4, -0.2) is 61.2 Å². The molecule has 0 aliphatic carbocycles. The van der Waals surface area contributed by atoms with E-state index >= 15 is 0 Å². The fourth-order valence-electron chi connectivity index (χ4n) is 3.65. The lowest BCUT2D eigenvalue weighted by Gasteiger charge is -2.33. The number of rotatable bonds is 8. The highest BCUT2D eigenvalue weighted by atomic mass is 32.2. The number of pyridine rings is 1. The summed E-state index contributed by atoms with van der Waals surface area (Å²) in [5, 5.41) is 0. The largest absolute Gasteiger partial charge is 0.469 e. The Hall–Kier alpha value is -2.78. The van der Waals surface area contributed by atoms with E-state index in [2.05, 4.69) is 4.98 Å². The zero-order valence-electron chi connectivity index (χ0n) is 17.5. The van der Waals surface area contributed by atoms with Crippen LogP contribution < -0.4 is 0 Å². The molecule has 0 bridgehead atoms. The van der Waals surface area contributed by atoms with Crippen molar-refractivity contribution in [3.05, 3.63) is 60.4 Å². The number of amides is 1. The van der Waals surface area contributed by atoms with E-state index in [0.29, 0.717) is 19.4 Å². The minimum atomic E-state index is -3.62. The monoisotopic (exact) mass is 445 g/mol. The van der Waals surface area contributed by atoms with E-state index < -0.39 is 10.0 Å². The van der Waals surface area contributed by atoms with Gasteiger partial charge in [-0.2, -0.15) is 4.31 Å². The van der Waals surface area contributed by atoms with Crippen molar-refractivity contribution >= 4 is 21.9 Å². The number of hydrogen-bond acceptors (Lipinski definition) is 6. The molecule has 1 fully saturated rings. The van der Waals surface area contributed by atoms with Crippen LogP contribution in [0.25, 0.3) is 0 Å². The summed E-state index contributed by atoms with van der Waals surface area (Å²) in [6, 6.07) is 12.7. The lowest BCUT2D eigenvalue weighted by atomic mass is 9.96. The van der Waals surface area contributed by atoms with E-state index in [9.17, 15) is 18.0 Å². The Morgan fingerprint density at radius 3 is 2.45 bits per heavy atom. The van der Waals surface area contributed by atoms with Crippen LogP contribution in [0.15, 0.2) is 59.8 Å². The number of hydrogen-bond donors (Lipinski definition) is 0. The molecule has 9 heteroatoms. The van der Waals surface area contributed by atoms with Crippen LogP contribution in [-0.2, 0) is 30.9 Å². The highest BCUT2D eigenvalue weighted by Gasteiger charge is 2.34. The summed E-state index contributed by atoms with van der Waals surface area (Å²) in [5.74, 6) is -0.726. The summed E-state index contributed by atoms with van der Waals surface area (Å²) in [6.07, 6.45) is 3.84. The van der Waals surface area contributed by atoms with Crippen LogP contribution in [0, 0.1) is 5.92 Å². The molecule has 1 aromatic heterocycles. The first kappa shape index (κ1) is 22.9. The van der Waals surface area contributed by atoms with Crippen molar-refractivity contribution in [3.8, 4) is 0 Å². The summed E-state index contributed by atoms with van der Waals surface area (Å²) in [5.41, 5.74) is 0.970. The van der Waals surface area contributed by atoms with Gasteiger partial charge in [-0.3, -0.25) is 14.6 Å². The molecule has 0 spiro atoms. The smallest absolute Gasteiger partial charge is 0.307 e. The number of ether oxygens (including phenoxy) is 1. The number of nitrogens with zero attached hydrogens (tertiary/aromatic N) is 3. The van der Waals surface area contributed by atoms with Crippen LogP contribution in [0.4, 0.5) is 0 Å². The molecule has 0 unspecified atom stereocenters. The summed E-state index contributed by atoms with van der Waals surface area (Å²) in [6.45, 7) is 1.19. The van der Waals surface area contributed by atoms with Gasteiger partial charge in [0.05, 0.1) is 13.5 Å². The Morgan fingerprint density at radius 1 is 1.13 bits per heavy atom. The van der Waals surface area contributed by atoms with E-state index in [4.69, 9.17) is 4.74 Å². The molecule has 2 aromatic rings. The maximum absolute atomic E-state index is 13.2. The van der Waals surface area contributed by atoms with Gasteiger partial charge in [-0.25, -0.2) is 8.42 Å². The maximum atomic E-state index is 13.2. The van der Waals surface area contributed by atoms with Crippen LogP contribution in [0.5, 0.6) is 0 Å². The summed E-state index contributed by atoms with van der Waals surface area (Å²) in [4.78, 5) is 30.6. The number of esters is 1. The Labute approximate surface area is 182 Å². The van der Waals surface area contributed by atoms with Gasteiger partial charge in [-0.15, -0.1) is 0 Å². The quantitative estimate of drug-likeness (QED) is 0.577. The number of piperidine rings is 1. The second-order valence-electron chi connectivity index (χ2n) is 7.44. The third-order valence-corrected chi connectivity index (χ3v) is 7.30. The second kappa shape index (κ2) is 10.5. The third-order valence-electron chi connectivity index (χ3n) is 5.42. The molecule has 166 valence electrons. The molecule has 1 amide bonds. The molecule has 0 saturated carbocycles. The topological polar surface area (TPSA) is 96.9 Å². The fraction of sp³-hybridized carbons (Fsp3) is 0.409. The molecule has 1 saturated heterocycles. The molecule has 1 aromatic carbocycles. The van der Waals surface area contributed by atoms with E-state index in [1.165, 1.54) is 29.9 Å². The average Bonchev–Trinajstić information content (AvgIpc) is 2.82. The molecule has 1 aliphatic rings. The molecular weight excluding hydrogens is 418 g/mol. The van der Waals surface area contributed by atoms with Gasteiger partial charge in [0.15, 0.2) is 0 Å².